The number of aromatic nitrogens is 1. The Morgan fingerprint density at radius 3 is 2.88 bits per heavy atom. The molecule has 0 saturated heterocycles. The van der Waals surface area contributed by atoms with E-state index in [1.807, 2.05) is 52.7 Å². The number of amides is 1. The van der Waals surface area contributed by atoms with Crippen molar-refractivity contribution in [3.8, 4) is 5.75 Å². The molecule has 2 aromatic heterocycles. The number of methoxy groups -OCH3 is 1. The first kappa shape index (κ1) is 15.7. The van der Waals surface area contributed by atoms with Crippen molar-refractivity contribution >= 4 is 22.9 Å². The number of ether oxygens (including phenoxy) is 1. The topological polar surface area (TPSA) is 54.5 Å². The number of pyridine rings is 1. The van der Waals surface area contributed by atoms with Crippen molar-refractivity contribution in [3.05, 3.63) is 76.2 Å². The lowest BCUT2D eigenvalue weighted by atomic mass is 10.2. The summed E-state index contributed by atoms with van der Waals surface area (Å²) >= 11 is 1.64. The van der Waals surface area contributed by atoms with Crippen molar-refractivity contribution in [3.63, 3.8) is 0 Å². The van der Waals surface area contributed by atoms with Gasteiger partial charge in [0.05, 0.1) is 30.6 Å². The van der Waals surface area contributed by atoms with Crippen LogP contribution in [-0.4, -0.2) is 22.9 Å². The van der Waals surface area contributed by atoms with Gasteiger partial charge in [-0.3, -0.25) is 9.78 Å². The third-order valence-electron chi connectivity index (χ3n) is 4.21. The van der Waals surface area contributed by atoms with Crippen LogP contribution in [0, 0.1) is 0 Å². The number of benzene rings is 1. The Bertz CT molecular complexity index is 895. The minimum Gasteiger partial charge on any atom is -0.495 e. The number of rotatable bonds is 5. The van der Waals surface area contributed by atoms with Gasteiger partial charge in [0.15, 0.2) is 0 Å². The highest BCUT2D eigenvalue weighted by molar-refractivity contribution is 7.09. The van der Waals surface area contributed by atoms with Crippen LogP contribution in [0.3, 0.4) is 0 Å². The Kier molecular flexibility index (Phi) is 4.11. The third kappa shape index (κ3) is 2.85. The molecule has 0 spiro atoms. The number of carbonyl (C=O) groups is 1. The number of hydrogen-bond acceptors (Lipinski definition) is 5. The summed E-state index contributed by atoms with van der Waals surface area (Å²) in [6.45, 7) is 0.541. The van der Waals surface area contributed by atoms with E-state index < -0.39 is 0 Å². The molecule has 6 heteroatoms. The molecule has 0 radical (unpaired) electrons. The average molecular weight is 351 g/mol. The van der Waals surface area contributed by atoms with Crippen molar-refractivity contribution in [1.82, 2.24) is 9.88 Å². The minimum absolute atomic E-state index is 0.0103. The maximum Gasteiger partial charge on any atom is 0.258 e. The van der Waals surface area contributed by atoms with Crippen LogP contribution in [0.4, 0.5) is 5.69 Å². The fourth-order valence-corrected chi connectivity index (χ4v) is 3.73. The molecule has 25 heavy (non-hydrogen) atoms. The smallest absolute Gasteiger partial charge is 0.258 e. The van der Waals surface area contributed by atoms with Crippen LogP contribution in [0.15, 0.2) is 60.1 Å². The number of carbonyl (C=O) groups excluding carboxylic acids is 1. The Hall–Kier alpha value is -2.86. The van der Waals surface area contributed by atoms with Crippen LogP contribution in [0.25, 0.3) is 0 Å². The first-order chi connectivity index (χ1) is 12.3. The lowest BCUT2D eigenvalue weighted by Gasteiger charge is -2.26. The molecular weight excluding hydrogens is 334 g/mol. The number of anilines is 1. The second-order valence-electron chi connectivity index (χ2n) is 5.70. The van der Waals surface area contributed by atoms with Gasteiger partial charge in [0, 0.05) is 11.1 Å². The number of hydrogen-bond donors (Lipinski definition) is 1. The summed E-state index contributed by atoms with van der Waals surface area (Å²) in [5.74, 6) is 0.722. The SMILES string of the molecule is COc1ccccc1N[C@H]1c2ncccc2C(=O)N1Cc1cccs1. The van der Waals surface area contributed by atoms with Crippen molar-refractivity contribution in [2.45, 2.75) is 12.7 Å². The molecule has 1 aliphatic heterocycles. The van der Waals surface area contributed by atoms with Crippen LogP contribution in [0.5, 0.6) is 5.75 Å². The van der Waals surface area contributed by atoms with Gasteiger partial charge in [-0.25, -0.2) is 0 Å². The third-order valence-corrected chi connectivity index (χ3v) is 5.07. The number of fused-ring (bicyclic) bond motifs is 1. The molecule has 0 unspecified atom stereocenters. The van der Waals surface area contributed by atoms with Crippen LogP contribution in [0.2, 0.25) is 0 Å². The molecule has 1 amide bonds. The number of nitrogens with one attached hydrogen (secondary N) is 1. The fourth-order valence-electron chi connectivity index (χ4n) is 3.03. The predicted octanol–water partition coefficient (Wildman–Crippen LogP) is 3.92. The van der Waals surface area contributed by atoms with Gasteiger partial charge in [-0.2, -0.15) is 0 Å². The molecule has 3 heterocycles. The van der Waals surface area contributed by atoms with Crippen LogP contribution in [0.1, 0.15) is 27.1 Å². The second kappa shape index (κ2) is 6.57. The Labute approximate surface area is 149 Å². The van der Waals surface area contributed by atoms with Gasteiger partial charge in [0.2, 0.25) is 0 Å². The summed E-state index contributed by atoms with van der Waals surface area (Å²) in [7, 11) is 1.63. The van der Waals surface area contributed by atoms with E-state index in [2.05, 4.69) is 10.3 Å². The molecule has 0 aliphatic carbocycles. The first-order valence-corrected chi connectivity index (χ1v) is 8.83. The highest BCUT2D eigenvalue weighted by Gasteiger charge is 2.38. The zero-order valence-corrected chi connectivity index (χ0v) is 14.5. The van der Waals surface area contributed by atoms with Crippen LogP contribution in [-0.2, 0) is 6.54 Å². The van der Waals surface area contributed by atoms with E-state index in [1.165, 1.54) is 0 Å². The van der Waals surface area contributed by atoms with Crippen molar-refractivity contribution in [1.29, 1.82) is 0 Å². The highest BCUT2D eigenvalue weighted by Crippen LogP contribution is 2.36. The normalized spacial score (nSPS) is 16.0. The first-order valence-electron chi connectivity index (χ1n) is 7.96. The number of thiophene rings is 1. The standard InChI is InChI=1S/C19H17N3O2S/c1-24-16-9-3-2-8-15(16)21-18-17-14(7-4-10-20-17)19(23)22(18)12-13-6-5-11-25-13/h2-11,18,21H,12H2,1H3/t18-/m1/s1. The van der Waals surface area contributed by atoms with Crippen LogP contribution < -0.4 is 10.1 Å². The Balaban J connectivity index is 1.71. The van der Waals surface area contributed by atoms with E-state index >= 15 is 0 Å². The van der Waals surface area contributed by atoms with Gasteiger partial charge in [-0.05, 0) is 35.7 Å². The molecule has 1 N–H and O–H groups in total. The van der Waals surface area contributed by atoms with Gasteiger partial charge in [-0.1, -0.05) is 18.2 Å². The molecule has 3 aromatic rings. The van der Waals surface area contributed by atoms with Crippen molar-refractivity contribution in [2.75, 3.05) is 12.4 Å². The average Bonchev–Trinajstić information content (AvgIpc) is 3.25. The molecule has 1 aliphatic rings. The largest absolute Gasteiger partial charge is 0.495 e. The van der Waals surface area contributed by atoms with E-state index in [0.717, 1.165) is 22.0 Å². The monoisotopic (exact) mass is 351 g/mol. The molecule has 5 nitrogen and oxygen atoms in total. The summed E-state index contributed by atoms with van der Waals surface area (Å²) in [5, 5.41) is 5.45. The Morgan fingerprint density at radius 2 is 2.08 bits per heavy atom. The van der Waals surface area contributed by atoms with E-state index in [4.69, 9.17) is 4.74 Å². The lowest BCUT2D eigenvalue weighted by Crippen LogP contribution is -2.31. The Morgan fingerprint density at radius 1 is 1.20 bits per heavy atom. The molecule has 0 saturated carbocycles. The van der Waals surface area contributed by atoms with Gasteiger partial charge in [0.25, 0.3) is 5.91 Å². The van der Waals surface area contributed by atoms with Gasteiger partial charge in [0.1, 0.15) is 11.9 Å². The molecule has 126 valence electrons. The summed E-state index contributed by atoms with van der Waals surface area (Å²) < 4.78 is 5.43. The maximum atomic E-state index is 12.9. The van der Waals surface area contributed by atoms with E-state index in [0.29, 0.717) is 12.1 Å². The molecule has 1 atom stereocenters. The number of nitrogens with zero attached hydrogens (tertiary/aromatic N) is 2. The van der Waals surface area contributed by atoms with Gasteiger partial charge >= 0.3 is 0 Å². The van der Waals surface area contributed by atoms with E-state index in [1.54, 1.807) is 30.7 Å². The van der Waals surface area contributed by atoms with E-state index in [9.17, 15) is 4.79 Å². The molecule has 0 bridgehead atoms. The summed E-state index contributed by atoms with van der Waals surface area (Å²) in [4.78, 5) is 20.3. The second-order valence-corrected chi connectivity index (χ2v) is 6.73. The maximum absolute atomic E-state index is 12.9. The van der Waals surface area contributed by atoms with Crippen molar-refractivity contribution in [2.24, 2.45) is 0 Å². The van der Waals surface area contributed by atoms with Gasteiger partial charge < -0.3 is 15.0 Å². The van der Waals surface area contributed by atoms with Crippen molar-refractivity contribution < 1.29 is 9.53 Å². The fraction of sp³-hybridized carbons (Fsp3) is 0.158. The highest BCUT2D eigenvalue weighted by atomic mass is 32.1. The summed E-state index contributed by atoms with van der Waals surface area (Å²) in [6.07, 6.45) is 1.39. The minimum atomic E-state index is -0.331. The summed E-state index contributed by atoms with van der Waals surface area (Å²) in [5.41, 5.74) is 2.22. The molecular formula is C19H17N3O2S. The quantitative estimate of drug-likeness (QED) is 0.757. The number of para-hydroxylation sites is 2. The predicted molar refractivity (Wildman–Crippen MR) is 97.8 cm³/mol. The molecule has 4 rings (SSSR count). The van der Waals surface area contributed by atoms with Gasteiger partial charge in [-0.15, -0.1) is 11.3 Å². The summed E-state index contributed by atoms with van der Waals surface area (Å²) in [6, 6.07) is 15.3. The zero-order chi connectivity index (χ0) is 17.2. The molecule has 1 aromatic carbocycles. The van der Waals surface area contributed by atoms with Crippen LogP contribution >= 0.6 is 11.3 Å². The lowest BCUT2D eigenvalue weighted by molar-refractivity contribution is 0.0729. The molecule has 0 fully saturated rings. The van der Waals surface area contributed by atoms with E-state index in [-0.39, 0.29) is 12.1 Å². The zero-order valence-electron chi connectivity index (χ0n) is 13.7.